The van der Waals surface area contributed by atoms with Crippen molar-refractivity contribution in [3.63, 3.8) is 0 Å². The van der Waals surface area contributed by atoms with Crippen molar-refractivity contribution in [2.45, 2.75) is 20.0 Å². The van der Waals surface area contributed by atoms with Crippen LogP contribution in [0.15, 0.2) is 35.0 Å². The molecule has 2 aliphatic rings. The zero-order valence-corrected chi connectivity index (χ0v) is 17.5. The van der Waals surface area contributed by atoms with Gasteiger partial charge in [0.25, 0.3) is 0 Å². The highest BCUT2D eigenvalue weighted by Crippen LogP contribution is 2.37. The quantitative estimate of drug-likeness (QED) is 0.672. The summed E-state index contributed by atoms with van der Waals surface area (Å²) in [6, 6.07) is 8.48. The highest BCUT2D eigenvalue weighted by Gasteiger charge is 2.22. The van der Waals surface area contributed by atoms with Crippen LogP contribution in [-0.2, 0) is 13.1 Å². The van der Waals surface area contributed by atoms with Gasteiger partial charge in [-0.15, -0.1) is 0 Å². The van der Waals surface area contributed by atoms with E-state index in [0.717, 1.165) is 74.0 Å². The van der Waals surface area contributed by atoms with Gasteiger partial charge in [0.1, 0.15) is 5.82 Å². The van der Waals surface area contributed by atoms with Gasteiger partial charge in [-0.3, -0.25) is 0 Å². The molecule has 2 aromatic heterocycles. The standard InChI is InChI=1S/C22H26N4O2S/c1-2-25-4-6-26(7-5-25)22-18(13-23-12-16-3-8-29-14-16)9-17-10-20-21(28-15-27-20)11-19(17)24-22/h3,8-11,14,23H,2,4-7,12-13,15H2,1H3. The molecule has 0 spiro atoms. The number of hydrogen-bond donors (Lipinski definition) is 1. The van der Waals surface area contributed by atoms with Gasteiger partial charge in [0.15, 0.2) is 11.5 Å². The minimum atomic E-state index is 0.284. The van der Waals surface area contributed by atoms with E-state index >= 15 is 0 Å². The topological polar surface area (TPSA) is 49.9 Å². The molecule has 0 aliphatic carbocycles. The second-order valence-corrected chi connectivity index (χ2v) is 8.31. The van der Waals surface area contributed by atoms with Gasteiger partial charge in [0.05, 0.1) is 5.52 Å². The summed E-state index contributed by atoms with van der Waals surface area (Å²) in [7, 11) is 0. The first-order valence-electron chi connectivity index (χ1n) is 10.2. The highest BCUT2D eigenvalue weighted by molar-refractivity contribution is 7.07. The molecule has 1 aromatic carbocycles. The number of nitrogens with zero attached hydrogens (tertiary/aromatic N) is 3. The van der Waals surface area contributed by atoms with Crippen molar-refractivity contribution in [3.8, 4) is 11.5 Å². The van der Waals surface area contributed by atoms with Crippen LogP contribution >= 0.6 is 11.3 Å². The Labute approximate surface area is 175 Å². The van der Waals surface area contributed by atoms with Crippen LogP contribution < -0.4 is 19.7 Å². The van der Waals surface area contributed by atoms with E-state index in [9.17, 15) is 0 Å². The summed E-state index contributed by atoms with van der Waals surface area (Å²) in [4.78, 5) is 10.00. The highest BCUT2D eigenvalue weighted by atomic mass is 32.1. The van der Waals surface area contributed by atoms with Crippen molar-refractivity contribution < 1.29 is 9.47 Å². The Morgan fingerprint density at radius 1 is 1.07 bits per heavy atom. The maximum atomic E-state index is 5.57. The number of thiophene rings is 1. The van der Waals surface area contributed by atoms with Crippen LogP contribution in [0.2, 0.25) is 0 Å². The Morgan fingerprint density at radius 3 is 2.66 bits per heavy atom. The van der Waals surface area contributed by atoms with Crippen LogP contribution in [0.25, 0.3) is 10.9 Å². The molecule has 0 radical (unpaired) electrons. The first kappa shape index (κ1) is 18.7. The first-order chi connectivity index (χ1) is 14.3. The number of aromatic nitrogens is 1. The van der Waals surface area contributed by atoms with Gasteiger partial charge in [0, 0.05) is 56.3 Å². The Balaban J connectivity index is 1.45. The SMILES string of the molecule is CCN1CCN(c2nc3cc4c(cc3cc2CNCc2ccsc2)OCO4)CC1. The van der Waals surface area contributed by atoms with Crippen LogP contribution in [-0.4, -0.2) is 49.4 Å². The third kappa shape index (κ3) is 3.90. The van der Waals surface area contributed by atoms with Gasteiger partial charge >= 0.3 is 0 Å². The lowest BCUT2D eigenvalue weighted by atomic mass is 10.1. The monoisotopic (exact) mass is 410 g/mol. The van der Waals surface area contributed by atoms with Crippen LogP contribution in [0, 0.1) is 0 Å². The summed E-state index contributed by atoms with van der Waals surface area (Å²) < 4.78 is 11.1. The molecular formula is C22H26N4O2S. The molecule has 29 heavy (non-hydrogen) atoms. The number of benzene rings is 1. The van der Waals surface area contributed by atoms with Crippen molar-refractivity contribution in [2.75, 3.05) is 44.4 Å². The molecule has 5 rings (SSSR count). The molecule has 1 N–H and O–H groups in total. The summed E-state index contributed by atoms with van der Waals surface area (Å²) in [6.45, 7) is 9.46. The van der Waals surface area contributed by atoms with Gasteiger partial charge < -0.3 is 24.6 Å². The normalized spacial score (nSPS) is 16.7. The molecule has 6 nitrogen and oxygen atoms in total. The number of fused-ring (bicyclic) bond motifs is 2. The molecule has 2 aliphatic heterocycles. The average Bonchev–Trinajstić information content (AvgIpc) is 3.43. The van der Waals surface area contributed by atoms with Crippen molar-refractivity contribution in [1.82, 2.24) is 15.2 Å². The molecular weight excluding hydrogens is 384 g/mol. The largest absolute Gasteiger partial charge is 0.454 e. The van der Waals surface area contributed by atoms with E-state index in [1.807, 2.05) is 12.1 Å². The van der Waals surface area contributed by atoms with Gasteiger partial charge in [0.2, 0.25) is 6.79 Å². The van der Waals surface area contributed by atoms with E-state index < -0.39 is 0 Å². The van der Waals surface area contributed by atoms with E-state index in [1.165, 1.54) is 11.1 Å². The fourth-order valence-electron chi connectivity index (χ4n) is 4.01. The Hall–Kier alpha value is -2.35. The fraction of sp³-hybridized carbons (Fsp3) is 0.409. The predicted molar refractivity (Wildman–Crippen MR) is 117 cm³/mol. The van der Waals surface area contributed by atoms with Crippen molar-refractivity contribution in [1.29, 1.82) is 0 Å². The molecule has 0 atom stereocenters. The molecule has 1 saturated heterocycles. The van der Waals surface area contributed by atoms with Crippen molar-refractivity contribution >= 4 is 28.1 Å². The zero-order chi connectivity index (χ0) is 19.6. The Kier molecular flexibility index (Phi) is 5.26. The number of piperazine rings is 1. The summed E-state index contributed by atoms with van der Waals surface area (Å²) in [5, 5.41) is 9.00. The van der Waals surface area contributed by atoms with Crippen molar-refractivity contribution in [2.24, 2.45) is 0 Å². The minimum absolute atomic E-state index is 0.284. The number of nitrogens with one attached hydrogen (secondary N) is 1. The molecule has 0 amide bonds. The van der Waals surface area contributed by atoms with Crippen LogP contribution in [0.3, 0.4) is 0 Å². The second-order valence-electron chi connectivity index (χ2n) is 7.53. The number of ether oxygens (including phenoxy) is 2. The lowest BCUT2D eigenvalue weighted by Crippen LogP contribution is -2.46. The molecule has 0 bridgehead atoms. The van der Waals surface area contributed by atoms with Gasteiger partial charge in [-0.1, -0.05) is 6.92 Å². The van der Waals surface area contributed by atoms with Crippen LogP contribution in [0.1, 0.15) is 18.1 Å². The van der Waals surface area contributed by atoms with E-state index in [-0.39, 0.29) is 6.79 Å². The minimum Gasteiger partial charge on any atom is -0.454 e. The number of hydrogen-bond acceptors (Lipinski definition) is 7. The molecule has 0 saturated carbocycles. The van der Waals surface area contributed by atoms with E-state index in [4.69, 9.17) is 14.5 Å². The van der Waals surface area contributed by atoms with Crippen LogP contribution in [0.4, 0.5) is 5.82 Å². The Morgan fingerprint density at radius 2 is 1.90 bits per heavy atom. The van der Waals surface area contributed by atoms with Crippen LogP contribution in [0.5, 0.6) is 11.5 Å². The Bertz CT molecular complexity index is 984. The molecule has 7 heteroatoms. The number of anilines is 1. The lowest BCUT2D eigenvalue weighted by molar-refractivity contribution is 0.174. The summed E-state index contributed by atoms with van der Waals surface area (Å²) >= 11 is 1.74. The molecule has 4 heterocycles. The zero-order valence-electron chi connectivity index (χ0n) is 16.7. The maximum absolute atomic E-state index is 5.57. The molecule has 152 valence electrons. The number of likely N-dealkylation sites (N-methyl/N-ethyl adjacent to an activating group) is 1. The average molecular weight is 411 g/mol. The summed E-state index contributed by atoms with van der Waals surface area (Å²) in [5.74, 6) is 2.68. The molecule has 0 unspecified atom stereocenters. The van der Waals surface area contributed by atoms with E-state index in [0.29, 0.717) is 0 Å². The maximum Gasteiger partial charge on any atom is 0.231 e. The predicted octanol–water partition coefficient (Wildman–Crippen LogP) is 3.46. The first-order valence-corrected chi connectivity index (χ1v) is 11.2. The third-order valence-corrected chi connectivity index (χ3v) is 6.44. The molecule has 1 fully saturated rings. The fourth-order valence-corrected chi connectivity index (χ4v) is 4.68. The van der Waals surface area contributed by atoms with Gasteiger partial charge in [-0.05, 0) is 41.1 Å². The van der Waals surface area contributed by atoms with Gasteiger partial charge in [-0.2, -0.15) is 11.3 Å². The summed E-state index contributed by atoms with van der Waals surface area (Å²) in [5.41, 5.74) is 3.52. The number of pyridine rings is 1. The third-order valence-electron chi connectivity index (χ3n) is 5.71. The number of rotatable bonds is 6. The smallest absolute Gasteiger partial charge is 0.231 e. The summed E-state index contributed by atoms with van der Waals surface area (Å²) in [6.07, 6.45) is 0. The van der Waals surface area contributed by atoms with E-state index in [1.54, 1.807) is 11.3 Å². The van der Waals surface area contributed by atoms with Gasteiger partial charge in [-0.25, -0.2) is 4.98 Å². The molecule has 3 aromatic rings. The van der Waals surface area contributed by atoms with Crippen molar-refractivity contribution in [3.05, 3.63) is 46.2 Å². The second kappa shape index (κ2) is 8.18. The lowest BCUT2D eigenvalue weighted by Gasteiger charge is -2.35. The van der Waals surface area contributed by atoms with E-state index in [2.05, 4.69) is 44.9 Å².